The summed E-state index contributed by atoms with van der Waals surface area (Å²) in [7, 11) is 0. The second kappa shape index (κ2) is 4.01. The zero-order chi connectivity index (χ0) is 5.70. The van der Waals surface area contributed by atoms with Gasteiger partial charge in [-0.2, -0.15) is 5.26 Å². The highest BCUT2D eigenvalue weighted by atomic mass is 32.2. The summed E-state index contributed by atoms with van der Waals surface area (Å²) in [6, 6.07) is 0. The average molecular weight is 115 g/mol. The van der Waals surface area contributed by atoms with Gasteiger partial charge in [0.2, 0.25) is 0 Å². The Balaban J connectivity index is 3.03. The molecule has 0 amide bonds. The minimum Gasteiger partial charge on any atom is -0.185 e. The van der Waals surface area contributed by atoms with Crippen LogP contribution >= 0.6 is 11.8 Å². The lowest BCUT2D eigenvalue weighted by molar-refractivity contribution is 0.910. The molecule has 0 saturated heterocycles. The average Bonchev–Trinajstić information content (AvgIpc) is 1.68. The van der Waals surface area contributed by atoms with Gasteiger partial charge in [0, 0.05) is 5.25 Å². The first-order chi connectivity index (χ1) is 3.31. The summed E-state index contributed by atoms with van der Waals surface area (Å²) < 4.78 is 0. The number of hydrogen-bond acceptors (Lipinski definition) is 2. The van der Waals surface area contributed by atoms with Gasteiger partial charge in [0.15, 0.2) is 0 Å². The summed E-state index contributed by atoms with van der Waals surface area (Å²) in [6.45, 7) is 4.13. The van der Waals surface area contributed by atoms with E-state index in [-0.39, 0.29) is 0 Å². The maximum Gasteiger partial charge on any atom is 0.133 e. The summed E-state index contributed by atoms with van der Waals surface area (Å²) in [6.07, 6.45) is 1.08. The molecule has 0 aromatic carbocycles. The summed E-state index contributed by atoms with van der Waals surface area (Å²) >= 11 is 1.34. The monoisotopic (exact) mass is 115 g/mol. The van der Waals surface area contributed by atoms with Crippen molar-refractivity contribution in [1.29, 1.82) is 5.26 Å². The van der Waals surface area contributed by atoms with E-state index >= 15 is 0 Å². The van der Waals surface area contributed by atoms with Crippen LogP contribution in [0.1, 0.15) is 20.3 Å². The van der Waals surface area contributed by atoms with E-state index < -0.39 is 0 Å². The minimum atomic E-state index is 0.505. The van der Waals surface area contributed by atoms with Crippen LogP contribution in [0.3, 0.4) is 0 Å². The largest absolute Gasteiger partial charge is 0.185 e. The van der Waals surface area contributed by atoms with E-state index in [1.807, 2.05) is 12.3 Å². The third-order valence-electron chi connectivity index (χ3n) is 0.829. The Morgan fingerprint density at radius 3 is 2.57 bits per heavy atom. The highest BCUT2D eigenvalue weighted by molar-refractivity contribution is 8.04. The van der Waals surface area contributed by atoms with Crippen molar-refractivity contribution in [2.24, 2.45) is 0 Å². The van der Waals surface area contributed by atoms with E-state index in [0.29, 0.717) is 5.25 Å². The molecule has 0 bridgehead atoms. The van der Waals surface area contributed by atoms with Crippen molar-refractivity contribution in [3.63, 3.8) is 0 Å². The van der Waals surface area contributed by atoms with E-state index in [1.165, 1.54) is 11.8 Å². The van der Waals surface area contributed by atoms with Crippen molar-refractivity contribution >= 4 is 11.8 Å². The highest BCUT2D eigenvalue weighted by Crippen LogP contribution is 2.09. The van der Waals surface area contributed by atoms with Crippen molar-refractivity contribution in [2.45, 2.75) is 25.5 Å². The van der Waals surface area contributed by atoms with Crippen molar-refractivity contribution < 1.29 is 0 Å². The van der Waals surface area contributed by atoms with Gasteiger partial charge in [0.1, 0.15) is 5.40 Å². The van der Waals surface area contributed by atoms with E-state index in [4.69, 9.17) is 5.26 Å². The second-order valence-corrected chi connectivity index (χ2v) is 2.65. The molecule has 0 fully saturated rings. The van der Waals surface area contributed by atoms with E-state index in [2.05, 4.69) is 6.92 Å². The van der Waals surface area contributed by atoms with E-state index in [0.717, 1.165) is 6.42 Å². The Hall–Kier alpha value is -0.160. The molecule has 0 rings (SSSR count). The maximum absolute atomic E-state index is 8.08. The molecular weight excluding hydrogens is 106 g/mol. The van der Waals surface area contributed by atoms with Crippen LogP contribution in [-0.2, 0) is 0 Å². The molecule has 0 unspecified atom stereocenters. The molecule has 0 aromatic heterocycles. The van der Waals surface area contributed by atoms with Crippen LogP contribution in [0, 0.1) is 10.7 Å². The lowest BCUT2D eigenvalue weighted by Gasteiger charge is -1.95. The van der Waals surface area contributed by atoms with Gasteiger partial charge in [-0.15, -0.1) is 0 Å². The zero-order valence-electron chi connectivity index (χ0n) is 4.64. The molecule has 7 heavy (non-hydrogen) atoms. The van der Waals surface area contributed by atoms with Crippen LogP contribution in [0.4, 0.5) is 0 Å². The molecule has 1 nitrogen and oxygen atoms in total. The van der Waals surface area contributed by atoms with Crippen molar-refractivity contribution in [1.82, 2.24) is 0 Å². The normalized spacial score (nSPS) is 12.7. The Labute approximate surface area is 48.7 Å². The third-order valence-corrected chi connectivity index (χ3v) is 1.67. The van der Waals surface area contributed by atoms with Gasteiger partial charge < -0.3 is 0 Å². The molecule has 0 aliphatic carbocycles. The molecule has 0 radical (unpaired) electrons. The predicted molar refractivity (Wildman–Crippen MR) is 33.0 cm³/mol. The molecule has 0 aliphatic rings. The lowest BCUT2D eigenvalue weighted by Crippen LogP contribution is -1.87. The summed E-state index contributed by atoms with van der Waals surface area (Å²) in [5.74, 6) is 0. The van der Waals surface area contributed by atoms with Gasteiger partial charge in [-0.25, -0.2) is 0 Å². The smallest absolute Gasteiger partial charge is 0.133 e. The number of nitriles is 1. The first kappa shape index (κ1) is 6.84. The summed E-state index contributed by atoms with van der Waals surface area (Å²) in [5, 5.41) is 10.6. The standard InChI is InChI=1S/C5H9NS/c1-3-5(2)7-4-6/h5H,3H2,1-2H3/t5-/m0/s1. The second-order valence-electron chi connectivity index (χ2n) is 1.43. The van der Waals surface area contributed by atoms with Crippen LogP contribution in [-0.4, -0.2) is 5.25 Å². The Morgan fingerprint density at radius 2 is 2.43 bits per heavy atom. The van der Waals surface area contributed by atoms with Crippen molar-refractivity contribution in [3.8, 4) is 5.40 Å². The van der Waals surface area contributed by atoms with Crippen LogP contribution in [0.2, 0.25) is 0 Å². The van der Waals surface area contributed by atoms with Crippen LogP contribution in [0.15, 0.2) is 0 Å². The SMILES string of the molecule is CC[C@H](C)SC#N. The molecule has 0 N–H and O–H groups in total. The number of rotatable bonds is 2. The number of thioether (sulfide) groups is 1. The van der Waals surface area contributed by atoms with Crippen molar-refractivity contribution in [2.75, 3.05) is 0 Å². The lowest BCUT2D eigenvalue weighted by atomic mass is 10.4. The first-order valence-corrected chi connectivity index (χ1v) is 3.24. The minimum absolute atomic E-state index is 0.505. The fraction of sp³-hybridized carbons (Fsp3) is 0.800. The maximum atomic E-state index is 8.08. The molecule has 40 valence electrons. The number of hydrogen-bond donors (Lipinski definition) is 0. The first-order valence-electron chi connectivity index (χ1n) is 2.36. The van der Waals surface area contributed by atoms with Gasteiger partial charge in [0.25, 0.3) is 0 Å². The predicted octanol–water partition coefficient (Wildman–Crippen LogP) is 2.00. The molecule has 0 spiro atoms. The zero-order valence-corrected chi connectivity index (χ0v) is 5.46. The fourth-order valence-corrected chi connectivity index (χ4v) is 0.520. The van der Waals surface area contributed by atoms with E-state index in [9.17, 15) is 0 Å². The fourth-order valence-electron chi connectivity index (χ4n) is 0.173. The summed E-state index contributed by atoms with van der Waals surface area (Å²) in [5.41, 5.74) is 0. The Kier molecular flexibility index (Phi) is 3.92. The van der Waals surface area contributed by atoms with Gasteiger partial charge in [-0.3, -0.25) is 0 Å². The molecule has 1 atom stereocenters. The van der Waals surface area contributed by atoms with Gasteiger partial charge in [0.05, 0.1) is 0 Å². The highest BCUT2D eigenvalue weighted by Gasteiger charge is 1.93. The molecule has 0 aromatic rings. The Morgan fingerprint density at radius 1 is 1.86 bits per heavy atom. The van der Waals surface area contributed by atoms with Gasteiger partial charge in [-0.05, 0) is 18.2 Å². The molecule has 2 heteroatoms. The molecular formula is C5H9NS. The molecule has 0 aliphatic heterocycles. The van der Waals surface area contributed by atoms with Crippen molar-refractivity contribution in [3.05, 3.63) is 0 Å². The van der Waals surface area contributed by atoms with Gasteiger partial charge >= 0.3 is 0 Å². The van der Waals surface area contributed by atoms with E-state index in [1.54, 1.807) is 0 Å². The third kappa shape index (κ3) is 3.68. The van der Waals surface area contributed by atoms with Gasteiger partial charge in [-0.1, -0.05) is 13.8 Å². The van der Waals surface area contributed by atoms with Crippen LogP contribution in [0.25, 0.3) is 0 Å². The quantitative estimate of drug-likeness (QED) is 0.514. The molecule has 0 saturated carbocycles. The Bertz CT molecular complexity index is 74.6. The number of nitrogens with zero attached hydrogens (tertiary/aromatic N) is 1. The number of thiocyanates is 1. The molecule has 0 heterocycles. The van der Waals surface area contributed by atoms with Crippen LogP contribution < -0.4 is 0 Å². The van der Waals surface area contributed by atoms with Crippen LogP contribution in [0.5, 0.6) is 0 Å². The topological polar surface area (TPSA) is 23.8 Å². The summed E-state index contributed by atoms with van der Waals surface area (Å²) in [4.78, 5) is 0.